The molecule has 32 heavy (non-hydrogen) atoms. The van der Waals surface area contributed by atoms with Crippen LogP contribution in [-0.4, -0.2) is 18.4 Å². The van der Waals surface area contributed by atoms with Crippen LogP contribution < -0.4 is 19.7 Å². The number of nitrogens with one attached hydrogen (secondary N) is 1. The number of hydrogen-bond acceptors (Lipinski definition) is 3. The number of carbonyl (C=O) groups excluding carboxylic acids is 1. The number of nitrogens with zero attached hydrogens (tertiary/aromatic N) is 1. The minimum atomic E-state index is -0.781. The molecule has 2 amide bonds. The summed E-state index contributed by atoms with van der Waals surface area (Å²) in [5.74, 6) is 1.69. The van der Waals surface area contributed by atoms with E-state index in [0.29, 0.717) is 13.0 Å². The maximum absolute atomic E-state index is 13.3. The molecule has 0 aromatic heterocycles. The molecular weight excluding hydrogens is 400 g/mol. The Morgan fingerprint density at radius 1 is 1.09 bits per heavy atom. The number of hydrogen-bond donors (Lipinski definition) is 1. The van der Waals surface area contributed by atoms with Gasteiger partial charge in [-0.1, -0.05) is 47.6 Å². The fourth-order valence-corrected chi connectivity index (χ4v) is 4.71. The maximum Gasteiger partial charge on any atom is 0.325 e. The molecule has 2 bridgehead atoms. The standard InChI is InChI=1S/C27H36N2O3/c1-9-31-19-12-10-18(11-13-19)29-24(30)28-22-16-27(29,8)32-23-20(22)14-17(25(2,3)4)15-21(23)26(5,6)7/h10-15,22H,9,16H2,1-8H3,(H,28,30)/t22-,27+/m0/s1. The lowest BCUT2D eigenvalue weighted by molar-refractivity contribution is 0.0358. The van der Waals surface area contributed by atoms with E-state index in [1.165, 1.54) is 11.1 Å². The Balaban J connectivity index is 1.82. The second-order valence-corrected chi connectivity index (χ2v) is 11.2. The summed E-state index contributed by atoms with van der Waals surface area (Å²) in [7, 11) is 0. The highest BCUT2D eigenvalue weighted by molar-refractivity contribution is 5.95. The summed E-state index contributed by atoms with van der Waals surface area (Å²) in [6, 6.07) is 11.9. The zero-order valence-electron chi connectivity index (χ0n) is 20.6. The van der Waals surface area contributed by atoms with Gasteiger partial charge in [0, 0.05) is 23.2 Å². The Bertz CT molecular complexity index is 1030. The molecule has 0 spiro atoms. The Hall–Kier alpha value is -2.69. The van der Waals surface area contributed by atoms with Crippen LogP contribution in [0.3, 0.4) is 0 Å². The van der Waals surface area contributed by atoms with Crippen LogP contribution >= 0.6 is 0 Å². The third-order valence-electron chi connectivity index (χ3n) is 6.45. The van der Waals surface area contributed by atoms with E-state index in [-0.39, 0.29) is 22.9 Å². The quantitative estimate of drug-likeness (QED) is 0.601. The minimum absolute atomic E-state index is 0.00278. The second-order valence-electron chi connectivity index (χ2n) is 11.2. The van der Waals surface area contributed by atoms with E-state index in [1.807, 2.05) is 38.1 Å². The predicted octanol–water partition coefficient (Wildman–Crippen LogP) is 6.45. The third kappa shape index (κ3) is 3.82. The van der Waals surface area contributed by atoms with Crippen molar-refractivity contribution in [2.45, 2.75) is 84.4 Å². The van der Waals surface area contributed by atoms with Crippen molar-refractivity contribution < 1.29 is 14.3 Å². The van der Waals surface area contributed by atoms with Gasteiger partial charge in [0.15, 0.2) is 5.72 Å². The molecule has 0 unspecified atom stereocenters. The topological polar surface area (TPSA) is 50.8 Å². The average molecular weight is 437 g/mol. The average Bonchev–Trinajstić information content (AvgIpc) is 2.66. The lowest BCUT2D eigenvalue weighted by Crippen LogP contribution is -2.65. The molecule has 1 N–H and O–H groups in total. The molecule has 2 aliphatic heterocycles. The Morgan fingerprint density at radius 2 is 1.75 bits per heavy atom. The first-order valence-electron chi connectivity index (χ1n) is 11.5. The molecule has 1 fully saturated rings. The first kappa shape index (κ1) is 22.5. The maximum atomic E-state index is 13.3. The van der Waals surface area contributed by atoms with Crippen LogP contribution in [0.1, 0.15) is 84.5 Å². The molecule has 0 aliphatic carbocycles. The van der Waals surface area contributed by atoms with Crippen LogP contribution in [0.25, 0.3) is 0 Å². The van der Waals surface area contributed by atoms with E-state index in [1.54, 1.807) is 4.90 Å². The normalized spacial score (nSPS) is 22.7. The zero-order valence-corrected chi connectivity index (χ0v) is 20.6. The molecule has 0 saturated carbocycles. The summed E-state index contributed by atoms with van der Waals surface area (Å²) in [6.07, 6.45) is 0.677. The van der Waals surface area contributed by atoms with Gasteiger partial charge in [-0.05, 0) is 60.6 Å². The number of anilines is 1. The van der Waals surface area contributed by atoms with Crippen LogP contribution in [0.15, 0.2) is 36.4 Å². The monoisotopic (exact) mass is 436 g/mol. The lowest BCUT2D eigenvalue weighted by Gasteiger charge is -2.51. The van der Waals surface area contributed by atoms with E-state index >= 15 is 0 Å². The molecule has 2 aliphatic rings. The Labute approximate surface area is 192 Å². The van der Waals surface area contributed by atoms with Gasteiger partial charge in [-0.25, -0.2) is 4.79 Å². The smallest absolute Gasteiger partial charge is 0.325 e. The van der Waals surface area contributed by atoms with E-state index < -0.39 is 5.72 Å². The molecule has 172 valence electrons. The van der Waals surface area contributed by atoms with Crippen LogP contribution in [0.5, 0.6) is 11.5 Å². The van der Waals surface area contributed by atoms with Gasteiger partial charge in [0.25, 0.3) is 0 Å². The summed E-state index contributed by atoms with van der Waals surface area (Å²) in [6.45, 7) is 17.9. The highest BCUT2D eigenvalue weighted by Crippen LogP contribution is 2.50. The molecule has 2 aromatic carbocycles. The molecule has 4 rings (SSSR count). The van der Waals surface area contributed by atoms with Crippen molar-refractivity contribution in [3.63, 3.8) is 0 Å². The van der Waals surface area contributed by atoms with Crippen molar-refractivity contribution in [2.24, 2.45) is 0 Å². The fourth-order valence-electron chi connectivity index (χ4n) is 4.71. The largest absolute Gasteiger partial charge is 0.494 e. The molecule has 0 radical (unpaired) electrons. The zero-order chi connectivity index (χ0) is 23.5. The van der Waals surface area contributed by atoms with Gasteiger partial charge in [-0.3, -0.25) is 4.90 Å². The molecule has 2 heterocycles. The van der Waals surface area contributed by atoms with Gasteiger partial charge >= 0.3 is 6.03 Å². The summed E-state index contributed by atoms with van der Waals surface area (Å²) >= 11 is 0. The first-order valence-corrected chi connectivity index (χ1v) is 11.5. The Kier molecular flexibility index (Phi) is 5.22. The molecule has 5 heteroatoms. The van der Waals surface area contributed by atoms with Gasteiger partial charge in [-0.2, -0.15) is 0 Å². The van der Waals surface area contributed by atoms with Gasteiger partial charge in [0.2, 0.25) is 0 Å². The summed E-state index contributed by atoms with van der Waals surface area (Å²) in [5.41, 5.74) is 3.44. The van der Waals surface area contributed by atoms with E-state index in [9.17, 15) is 4.79 Å². The highest BCUT2D eigenvalue weighted by Gasteiger charge is 2.51. The van der Waals surface area contributed by atoms with Crippen molar-refractivity contribution in [1.29, 1.82) is 0 Å². The number of rotatable bonds is 3. The number of ether oxygens (including phenoxy) is 2. The number of urea groups is 1. The SMILES string of the molecule is CCOc1ccc(N2C(=O)N[C@H]3C[C@@]2(C)Oc2c3cc(C(C)(C)C)cc2C(C)(C)C)cc1. The van der Waals surface area contributed by atoms with Crippen molar-refractivity contribution >= 4 is 11.7 Å². The fraction of sp³-hybridized carbons (Fsp3) is 0.519. The number of fused-ring (bicyclic) bond motifs is 4. The van der Waals surface area contributed by atoms with Crippen molar-refractivity contribution in [2.75, 3.05) is 11.5 Å². The lowest BCUT2D eigenvalue weighted by atomic mass is 9.76. The van der Waals surface area contributed by atoms with Gasteiger partial charge < -0.3 is 14.8 Å². The molecule has 2 aromatic rings. The van der Waals surface area contributed by atoms with Crippen molar-refractivity contribution in [3.05, 3.63) is 53.1 Å². The van der Waals surface area contributed by atoms with E-state index in [2.05, 4.69) is 59.0 Å². The molecular formula is C27H36N2O3. The highest BCUT2D eigenvalue weighted by atomic mass is 16.5. The van der Waals surface area contributed by atoms with Gasteiger partial charge in [0.1, 0.15) is 11.5 Å². The second kappa shape index (κ2) is 7.43. The molecule has 5 nitrogen and oxygen atoms in total. The van der Waals surface area contributed by atoms with E-state index in [0.717, 1.165) is 22.7 Å². The van der Waals surface area contributed by atoms with Crippen LogP contribution in [-0.2, 0) is 10.8 Å². The summed E-state index contributed by atoms with van der Waals surface area (Å²) in [5, 5.41) is 3.25. The predicted molar refractivity (Wildman–Crippen MR) is 129 cm³/mol. The van der Waals surface area contributed by atoms with Crippen molar-refractivity contribution in [3.8, 4) is 11.5 Å². The first-order chi connectivity index (χ1) is 14.8. The van der Waals surface area contributed by atoms with Crippen molar-refractivity contribution in [1.82, 2.24) is 5.32 Å². The van der Waals surface area contributed by atoms with Gasteiger partial charge in [0.05, 0.1) is 12.6 Å². The summed E-state index contributed by atoms with van der Waals surface area (Å²) in [4.78, 5) is 15.0. The summed E-state index contributed by atoms with van der Waals surface area (Å²) < 4.78 is 12.3. The van der Waals surface area contributed by atoms with Gasteiger partial charge in [-0.15, -0.1) is 0 Å². The molecule has 1 saturated heterocycles. The number of carbonyl (C=O) groups is 1. The van der Waals surface area contributed by atoms with E-state index in [4.69, 9.17) is 9.47 Å². The van der Waals surface area contributed by atoms with Crippen LogP contribution in [0.4, 0.5) is 10.5 Å². The van der Waals surface area contributed by atoms with Crippen LogP contribution in [0, 0.1) is 0 Å². The number of benzene rings is 2. The Morgan fingerprint density at radius 3 is 2.31 bits per heavy atom. The third-order valence-corrected chi connectivity index (χ3v) is 6.45. The molecule has 2 atom stereocenters. The minimum Gasteiger partial charge on any atom is -0.494 e. The van der Waals surface area contributed by atoms with Crippen LogP contribution in [0.2, 0.25) is 0 Å². The number of amides is 2.